The molecule has 7 atom stereocenters. The number of nitrogens with zero attached hydrogens (tertiary/aromatic N) is 1. The summed E-state index contributed by atoms with van der Waals surface area (Å²) in [5.41, 5.74) is 3.97. The standard InChI is InChI=1S/C35H49F2N5O7/c1-32(2,3)25(40-31(48)41-26(33(4,5)6)30(47)49-17-18-12-10-9-11-13-18)29(46)42-16-20-22(34(20,7)8)23(42)28(45)39-21(24(43)27(38)44)14-19-15-35(19,36)37/h9-13,19-23,25-26H,14-17H2,1-8H3,(H2,38,44)(H,39,45)(H2,40,41,48)/t19?,20-,21?,22-,23-,25+,26+/m0/s1. The number of fused-ring (bicyclic) bond motifs is 1. The number of rotatable bonds is 12. The lowest BCUT2D eigenvalue weighted by Gasteiger charge is -2.38. The van der Waals surface area contributed by atoms with Crippen molar-refractivity contribution in [2.75, 3.05) is 6.54 Å². The monoisotopic (exact) mass is 689 g/mol. The molecule has 4 rings (SSSR count). The molecule has 0 bridgehead atoms. The number of carbonyl (C=O) groups is 6. The molecule has 1 aliphatic heterocycles. The molecule has 5 amide bonds. The molecule has 270 valence electrons. The number of Topliss-reactive ketones (excluding diaryl/α,β-unsaturated/α-hetero) is 1. The molecule has 12 nitrogen and oxygen atoms in total. The van der Waals surface area contributed by atoms with Crippen LogP contribution in [0.15, 0.2) is 30.3 Å². The maximum atomic E-state index is 14.3. The number of halogens is 2. The van der Waals surface area contributed by atoms with E-state index in [0.717, 1.165) is 5.56 Å². The van der Waals surface area contributed by atoms with Crippen molar-refractivity contribution in [3.8, 4) is 0 Å². The maximum absolute atomic E-state index is 14.3. The van der Waals surface area contributed by atoms with E-state index in [0.29, 0.717) is 0 Å². The van der Waals surface area contributed by atoms with Crippen molar-refractivity contribution in [2.24, 2.45) is 39.7 Å². The second-order valence-corrected chi connectivity index (χ2v) is 16.4. The normalized spacial score (nSPS) is 25.1. The van der Waals surface area contributed by atoms with E-state index in [9.17, 15) is 37.5 Å². The molecule has 2 saturated carbocycles. The van der Waals surface area contributed by atoms with Crippen LogP contribution in [0.5, 0.6) is 0 Å². The Balaban J connectivity index is 1.51. The minimum absolute atomic E-state index is 0.00469. The van der Waals surface area contributed by atoms with Crippen molar-refractivity contribution in [2.45, 2.75) is 105 Å². The van der Waals surface area contributed by atoms with Crippen molar-refractivity contribution < 1.29 is 42.3 Å². The van der Waals surface area contributed by atoms with E-state index in [1.807, 2.05) is 32.0 Å². The van der Waals surface area contributed by atoms with Gasteiger partial charge in [0, 0.05) is 18.9 Å². The first-order valence-corrected chi connectivity index (χ1v) is 16.6. The van der Waals surface area contributed by atoms with E-state index in [2.05, 4.69) is 16.0 Å². The van der Waals surface area contributed by atoms with Gasteiger partial charge in [0.1, 0.15) is 24.7 Å². The van der Waals surface area contributed by atoms with Crippen molar-refractivity contribution in [1.82, 2.24) is 20.9 Å². The number of esters is 1. The fourth-order valence-corrected chi connectivity index (χ4v) is 6.84. The zero-order valence-corrected chi connectivity index (χ0v) is 29.4. The van der Waals surface area contributed by atoms with Crippen LogP contribution in [0, 0.1) is 34.0 Å². The number of primary amides is 1. The van der Waals surface area contributed by atoms with Crippen molar-refractivity contribution >= 4 is 35.5 Å². The molecule has 0 aromatic heterocycles. The minimum Gasteiger partial charge on any atom is -0.459 e. The highest BCUT2D eigenvalue weighted by atomic mass is 19.3. The van der Waals surface area contributed by atoms with E-state index >= 15 is 0 Å². The number of nitrogens with two attached hydrogens (primary N) is 1. The number of benzene rings is 1. The fourth-order valence-electron chi connectivity index (χ4n) is 6.84. The Morgan fingerprint density at radius 2 is 1.49 bits per heavy atom. The third-order valence-electron chi connectivity index (χ3n) is 10.1. The summed E-state index contributed by atoms with van der Waals surface area (Å²) in [5.74, 6) is -9.14. The molecule has 1 heterocycles. The Morgan fingerprint density at radius 1 is 0.939 bits per heavy atom. The number of ketones is 1. The van der Waals surface area contributed by atoms with Crippen LogP contribution in [0.1, 0.15) is 73.8 Å². The molecule has 49 heavy (non-hydrogen) atoms. The number of hydrogen-bond donors (Lipinski definition) is 4. The quantitative estimate of drug-likeness (QED) is 0.193. The Morgan fingerprint density at radius 3 is 2.00 bits per heavy atom. The summed E-state index contributed by atoms with van der Waals surface area (Å²) in [5, 5.41) is 7.84. The van der Waals surface area contributed by atoms with Crippen LogP contribution in [0.4, 0.5) is 13.6 Å². The molecule has 3 fully saturated rings. The second kappa shape index (κ2) is 13.3. The molecule has 5 N–H and O–H groups in total. The van der Waals surface area contributed by atoms with Gasteiger partial charge in [0.2, 0.25) is 17.6 Å². The highest BCUT2D eigenvalue weighted by Crippen LogP contribution is 2.65. The van der Waals surface area contributed by atoms with E-state index in [-0.39, 0.29) is 30.4 Å². The van der Waals surface area contributed by atoms with Gasteiger partial charge in [0.15, 0.2) is 0 Å². The summed E-state index contributed by atoms with van der Waals surface area (Å²) in [6.07, 6.45) is -0.938. The van der Waals surface area contributed by atoms with Crippen LogP contribution in [-0.2, 0) is 35.3 Å². The van der Waals surface area contributed by atoms with Gasteiger partial charge in [-0.2, -0.15) is 0 Å². The van der Waals surface area contributed by atoms with Crippen molar-refractivity contribution in [1.29, 1.82) is 0 Å². The predicted molar refractivity (Wildman–Crippen MR) is 174 cm³/mol. The van der Waals surface area contributed by atoms with Gasteiger partial charge in [-0.25, -0.2) is 18.4 Å². The van der Waals surface area contributed by atoms with Crippen LogP contribution < -0.4 is 21.7 Å². The average molecular weight is 690 g/mol. The third kappa shape index (κ3) is 8.38. The van der Waals surface area contributed by atoms with Gasteiger partial charge in [-0.15, -0.1) is 0 Å². The number of carbonyl (C=O) groups excluding carboxylic acids is 6. The molecule has 2 unspecified atom stereocenters. The fraction of sp³-hybridized carbons (Fsp3) is 0.657. The number of amides is 5. The van der Waals surface area contributed by atoms with Gasteiger partial charge in [-0.1, -0.05) is 85.7 Å². The number of piperidine rings is 1. The van der Waals surface area contributed by atoms with Crippen LogP contribution in [0.25, 0.3) is 0 Å². The summed E-state index contributed by atoms with van der Waals surface area (Å²) < 4.78 is 33.0. The minimum atomic E-state index is -3.00. The lowest BCUT2D eigenvalue weighted by molar-refractivity contribution is -0.150. The maximum Gasteiger partial charge on any atom is 0.329 e. The average Bonchev–Trinajstić information content (AvgIpc) is 3.65. The van der Waals surface area contributed by atoms with Gasteiger partial charge in [-0.3, -0.25) is 19.2 Å². The first kappa shape index (κ1) is 37.7. The van der Waals surface area contributed by atoms with E-state index in [1.54, 1.807) is 53.7 Å². The molecule has 0 spiro atoms. The summed E-state index contributed by atoms with van der Waals surface area (Å²) in [6, 6.07) is 3.35. The lowest BCUT2D eigenvalue weighted by atomic mass is 9.85. The summed E-state index contributed by atoms with van der Waals surface area (Å²) in [7, 11) is 0. The Labute approximate surface area is 285 Å². The van der Waals surface area contributed by atoms with Crippen LogP contribution in [0.2, 0.25) is 0 Å². The van der Waals surface area contributed by atoms with Gasteiger partial charge < -0.3 is 31.3 Å². The Hall–Kier alpha value is -4.10. The Kier molecular flexibility index (Phi) is 10.2. The topological polar surface area (TPSA) is 177 Å². The summed E-state index contributed by atoms with van der Waals surface area (Å²) >= 11 is 0. The van der Waals surface area contributed by atoms with E-state index in [1.165, 1.54) is 4.90 Å². The number of nitrogens with one attached hydrogen (secondary N) is 3. The first-order valence-electron chi connectivity index (χ1n) is 16.6. The number of urea groups is 1. The highest BCUT2D eigenvalue weighted by Gasteiger charge is 2.70. The van der Waals surface area contributed by atoms with Gasteiger partial charge >= 0.3 is 12.0 Å². The number of likely N-dealkylation sites (tertiary alicyclic amines) is 1. The summed E-state index contributed by atoms with van der Waals surface area (Å²) in [4.78, 5) is 80.4. The van der Waals surface area contributed by atoms with Crippen LogP contribution in [-0.4, -0.2) is 77.0 Å². The lowest BCUT2D eigenvalue weighted by Crippen LogP contribution is -2.62. The first-order chi connectivity index (χ1) is 22.5. The predicted octanol–water partition coefficient (Wildman–Crippen LogP) is 2.93. The van der Waals surface area contributed by atoms with Gasteiger partial charge in [-0.05, 0) is 40.1 Å². The second-order valence-electron chi connectivity index (χ2n) is 16.4. The molecular formula is C35H49F2N5O7. The molecule has 14 heteroatoms. The zero-order valence-electron chi connectivity index (χ0n) is 29.4. The van der Waals surface area contributed by atoms with Gasteiger partial charge in [0.05, 0.1) is 6.04 Å². The van der Waals surface area contributed by atoms with Crippen LogP contribution >= 0.6 is 0 Å². The molecule has 1 saturated heterocycles. The summed E-state index contributed by atoms with van der Waals surface area (Å²) in [6.45, 7) is 14.5. The SMILES string of the molecule is CC(C)(C)[C@H](NC(=O)N[C@H](C(=O)N1C[C@H]2[C@@H]([C@H]1C(=O)NC(CC1CC1(F)F)C(=O)C(N)=O)C2(C)C)C(C)(C)C)C(=O)OCc1ccccc1. The van der Waals surface area contributed by atoms with Crippen molar-refractivity contribution in [3.05, 3.63) is 35.9 Å². The van der Waals surface area contributed by atoms with Crippen LogP contribution in [0.3, 0.4) is 0 Å². The molecule has 1 aromatic rings. The third-order valence-corrected chi connectivity index (χ3v) is 10.1. The number of ether oxygens (including phenoxy) is 1. The van der Waals surface area contributed by atoms with E-state index in [4.69, 9.17) is 10.5 Å². The molecular weight excluding hydrogens is 640 g/mol. The Bertz CT molecular complexity index is 1490. The largest absolute Gasteiger partial charge is 0.459 e. The molecule has 1 aromatic carbocycles. The molecule has 2 aliphatic carbocycles. The van der Waals surface area contributed by atoms with Crippen molar-refractivity contribution in [3.63, 3.8) is 0 Å². The molecule has 0 radical (unpaired) electrons. The molecule has 3 aliphatic rings. The number of alkyl halides is 2. The van der Waals surface area contributed by atoms with E-state index < -0.39 is 95.2 Å². The smallest absolute Gasteiger partial charge is 0.329 e. The highest BCUT2D eigenvalue weighted by molar-refractivity contribution is 6.37. The zero-order chi connectivity index (χ0) is 36.9. The van der Waals surface area contributed by atoms with Gasteiger partial charge in [0.25, 0.3) is 11.8 Å². The number of hydrogen-bond acceptors (Lipinski definition) is 7.